The minimum absolute atomic E-state index is 0.764. The minimum atomic E-state index is 0.764. The summed E-state index contributed by atoms with van der Waals surface area (Å²) < 4.78 is 0. The Morgan fingerprint density at radius 2 is 1.95 bits per heavy atom. The largest absolute Gasteiger partial charge is 0.330 e. The molecule has 1 heterocycles. The van der Waals surface area contributed by atoms with Gasteiger partial charge in [-0.15, -0.1) is 0 Å². The summed E-state index contributed by atoms with van der Waals surface area (Å²) in [6.07, 6.45) is 2.41. The molecule has 0 radical (unpaired) electrons. The van der Waals surface area contributed by atoms with Gasteiger partial charge in [-0.1, -0.05) is 30.3 Å². The van der Waals surface area contributed by atoms with Crippen LogP contribution in [0.15, 0.2) is 30.3 Å². The van der Waals surface area contributed by atoms with Crippen molar-refractivity contribution in [3.05, 3.63) is 35.9 Å². The molecule has 106 valence electrons. The van der Waals surface area contributed by atoms with Crippen molar-refractivity contribution in [1.29, 1.82) is 0 Å². The van der Waals surface area contributed by atoms with Crippen molar-refractivity contribution in [1.82, 2.24) is 9.80 Å². The fourth-order valence-electron chi connectivity index (χ4n) is 2.93. The lowest BCUT2D eigenvalue weighted by molar-refractivity contribution is 0.242. The first-order valence-corrected chi connectivity index (χ1v) is 7.43. The van der Waals surface area contributed by atoms with Crippen LogP contribution in [0.25, 0.3) is 0 Å². The van der Waals surface area contributed by atoms with E-state index in [0.717, 1.165) is 25.4 Å². The second-order valence-corrected chi connectivity index (χ2v) is 5.78. The Balaban J connectivity index is 1.92. The molecule has 1 aliphatic rings. The Labute approximate surface area is 117 Å². The van der Waals surface area contributed by atoms with Crippen molar-refractivity contribution < 1.29 is 0 Å². The monoisotopic (exact) mass is 261 g/mol. The molecule has 1 aromatic carbocycles. The SMILES string of the molecule is CN1CCN(Cc2ccccc2)CC(CCCN)C1. The molecule has 1 fully saturated rings. The second kappa shape index (κ2) is 7.63. The molecule has 1 aliphatic heterocycles. The van der Waals surface area contributed by atoms with Crippen molar-refractivity contribution in [3.8, 4) is 0 Å². The third-order valence-corrected chi connectivity index (χ3v) is 3.95. The van der Waals surface area contributed by atoms with E-state index < -0.39 is 0 Å². The number of hydrogen-bond acceptors (Lipinski definition) is 3. The molecule has 1 atom stereocenters. The molecular formula is C16H27N3. The Bertz CT molecular complexity index is 352. The number of nitrogens with zero attached hydrogens (tertiary/aromatic N) is 2. The highest BCUT2D eigenvalue weighted by Gasteiger charge is 2.20. The Kier molecular flexibility index (Phi) is 5.83. The summed E-state index contributed by atoms with van der Waals surface area (Å²) in [7, 11) is 2.24. The third-order valence-electron chi connectivity index (χ3n) is 3.95. The molecule has 1 saturated heterocycles. The molecule has 2 rings (SSSR count). The fraction of sp³-hybridized carbons (Fsp3) is 0.625. The van der Waals surface area contributed by atoms with Gasteiger partial charge in [0.1, 0.15) is 0 Å². The van der Waals surface area contributed by atoms with Crippen LogP contribution in [0.1, 0.15) is 18.4 Å². The van der Waals surface area contributed by atoms with E-state index in [1.165, 1.54) is 38.2 Å². The van der Waals surface area contributed by atoms with Crippen molar-refractivity contribution in [2.24, 2.45) is 11.7 Å². The minimum Gasteiger partial charge on any atom is -0.330 e. The van der Waals surface area contributed by atoms with E-state index in [0.29, 0.717) is 0 Å². The number of hydrogen-bond donors (Lipinski definition) is 1. The van der Waals surface area contributed by atoms with Crippen molar-refractivity contribution in [3.63, 3.8) is 0 Å². The summed E-state index contributed by atoms with van der Waals surface area (Å²) in [5.74, 6) is 0.764. The summed E-state index contributed by atoms with van der Waals surface area (Å²) >= 11 is 0. The van der Waals surface area contributed by atoms with Crippen LogP contribution in [-0.2, 0) is 6.54 Å². The number of nitrogens with two attached hydrogens (primary N) is 1. The lowest BCUT2D eigenvalue weighted by atomic mass is 10.0. The standard InChI is InChI=1S/C16H27N3/c1-18-10-11-19(13-15-6-3-2-4-7-15)14-16(12-18)8-5-9-17/h2-4,6-7,16H,5,8-14,17H2,1H3. The van der Waals surface area contributed by atoms with Crippen LogP contribution in [0.3, 0.4) is 0 Å². The predicted molar refractivity (Wildman–Crippen MR) is 81.0 cm³/mol. The lowest BCUT2D eigenvalue weighted by Crippen LogP contribution is -2.29. The first-order chi connectivity index (χ1) is 9.28. The highest BCUT2D eigenvalue weighted by Crippen LogP contribution is 2.16. The predicted octanol–water partition coefficient (Wildman–Crippen LogP) is 1.79. The maximum absolute atomic E-state index is 5.65. The average molecular weight is 261 g/mol. The van der Waals surface area contributed by atoms with Crippen molar-refractivity contribution in [2.75, 3.05) is 39.8 Å². The van der Waals surface area contributed by atoms with Gasteiger partial charge in [0, 0.05) is 32.7 Å². The molecule has 2 N–H and O–H groups in total. The van der Waals surface area contributed by atoms with Crippen LogP contribution in [0.2, 0.25) is 0 Å². The molecular weight excluding hydrogens is 234 g/mol. The first kappa shape index (κ1) is 14.5. The van der Waals surface area contributed by atoms with Gasteiger partial charge in [-0.05, 0) is 37.9 Å². The van der Waals surface area contributed by atoms with Gasteiger partial charge >= 0.3 is 0 Å². The van der Waals surface area contributed by atoms with Gasteiger partial charge in [0.05, 0.1) is 0 Å². The molecule has 0 aliphatic carbocycles. The fourth-order valence-corrected chi connectivity index (χ4v) is 2.93. The Morgan fingerprint density at radius 1 is 1.16 bits per heavy atom. The van der Waals surface area contributed by atoms with Gasteiger partial charge < -0.3 is 10.6 Å². The van der Waals surface area contributed by atoms with Crippen LogP contribution in [0, 0.1) is 5.92 Å². The molecule has 1 unspecified atom stereocenters. The van der Waals surface area contributed by atoms with E-state index >= 15 is 0 Å². The molecule has 0 amide bonds. The number of benzene rings is 1. The Morgan fingerprint density at radius 3 is 2.68 bits per heavy atom. The average Bonchev–Trinajstić information content (AvgIpc) is 2.60. The highest BCUT2D eigenvalue weighted by atomic mass is 15.2. The van der Waals surface area contributed by atoms with Crippen LogP contribution in [0.4, 0.5) is 0 Å². The lowest BCUT2D eigenvalue weighted by Gasteiger charge is -2.24. The zero-order valence-electron chi connectivity index (χ0n) is 12.1. The van der Waals surface area contributed by atoms with Gasteiger partial charge in [0.2, 0.25) is 0 Å². The van der Waals surface area contributed by atoms with Gasteiger partial charge in [-0.25, -0.2) is 0 Å². The maximum Gasteiger partial charge on any atom is 0.0234 e. The summed E-state index contributed by atoms with van der Waals surface area (Å²) in [5.41, 5.74) is 7.07. The van der Waals surface area contributed by atoms with Crippen LogP contribution < -0.4 is 5.73 Å². The quantitative estimate of drug-likeness (QED) is 0.877. The summed E-state index contributed by atoms with van der Waals surface area (Å²) in [6.45, 7) is 6.66. The van der Waals surface area contributed by atoms with Gasteiger partial charge in [0.25, 0.3) is 0 Å². The van der Waals surface area contributed by atoms with Crippen molar-refractivity contribution in [2.45, 2.75) is 19.4 Å². The van der Waals surface area contributed by atoms with E-state index in [1.54, 1.807) is 0 Å². The number of likely N-dealkylation sites (N-methyl/N-ethyl adjacent to an activating group) is 1. The zero-order chi connectivity index (χ0) is 13.5. The topological polar surface area (TPSA) is 32.5 Å². The smallest absolute Gasteiger partial charge is 0.0234 e. The van der Waals surface area contributed by atoms with Gasteiger partial charge in [-0.3, -0.25) is 4.90 Å². The third kappa shape index (κ3) is 4.94. The van der Waals surface area contributed by atoms with Crippen molar-refractivity contribution >= 4 is 0 Å². The highest BCUT2D eigenvalue weighted by molar-refractivity contribution is 5.14. The summed E-state index contributed by atoms with van der Waals surface area (Å²) in [4.78, 5) is 5.06. The maximum atomic E-state index is 5.65. The molecule has 0 aromatic heterocycles. The van der Waals surface area contributed by atoms with E-state index in [-0.39, 0.29) is 0 Å². The van der Waals surface area contributed by atoms with Crippen LogP contribution in [-0.4, -0.2) is 49.6 Å². The van der Waals surface area contributed by atoms with E-state index in [1.807, 2.05) is 0 Å². The van der Waals surface area contributed by atoms with E-state index in [4.69, 9.17) is 5.73 Å². The Hall–Kier alpha value is -0.900. The molecule has 3 nitrogen and oxygen atoms in total. The van der Waals surface area contributed by atoms with E-state index in [2.05, 4.69) is 47.2 Å². The van der Waals surface area contributed by atoms with Gasteiger partial charge in [0.15, 0.2) is 0 Å². The normalized spacial score (nSPS) is 22.3. The molecule has 0 saturated carbocycles. The summed E-state index contributed by atoms with van der Waals surface area (Å²) in [6, 6.07) is 10.8. The van der Waals surface area contributed by atoms with Gasteiger partial charge in [-0.2, -0.15) is 0 Å². The summed E-state index contributed by atoms with van der Waals surface area (Å²) in [5, 5.41) is 0. The molecule has 0 bridgehead atoms. The molecule has 19 heavy (non-hydrogen) atoms. The van der Waals surface area contributed by atoms with Crippen LogP contribution in [0.5, 0.6) is 0 Å². The van der Waals surface area contributed by atoms with E-state index in [9.17, 15) is 0 Å². The number of rotatable bonds is 5. The molecule has 1 aromatic rings. The second-order valence-electron chi connectivity index (χ2n) is 5.78. The molecule has 3 heteroatoms. The zero-order valence-corrected chi connectivity index (χ0v) is 12.1. The first-order valence-electron chi connectivity index (χ1n) is 7.43. The van der Waals surface area contributed by atoms with Crippen LogP contribution >= 0.6 is 0 Å². The molecule has 0 spiro atoms.